The number of rotatable bonds is 0. The van der Waals surface area contributed by atoms with Gasteiger partial charge in [-0.3, -0.25) is 0 Å². The fraction of sp³-hybridized carbons (Fsp3) is 0. The maximum atomic E-state index is 8.64. The first-order chi connectivity index (χ1) is 1.73. The zero-order valence-electron chi connectivity index (χ0n) is 2.21. The molecule has 0 bridgehead atoms. The zero-order chi connectivity index (χ0) is 3.58. The van der Waals surface area contributed by atoms with E-state index in [1.54, 1.807) is 0 Å². The fourth-order valence-electron chi connectivity index (χ4n) is 0. The summed E-state index contributed by atoms with van der Waals surface area (Å²) in [5.41, 5.74) is 0. The molecule has 0 spiro atoms. The van der Waals surface area contributed by atoms with Crippen molar-refractivity contribution in [2.75, 3.05) is 0 Å². The Kier molecular flexibility index (Phi) is 10.2. The van der Waals surface area contributed by atoms with Crippen LogP contribution in [0.5, 0.6) is 0 Å². The van der Waals surface area contributed by atoms with Gasteiger partial charge >= 0.3 is 35.3 Å². The Morgan fingerprint density at radius 3 is 1.00 bits per heavy atom. The number of hydrogen-bond donors (Lipinski definition) is 0. The molecule has 0 aliphatic heterocycles. The van der Waals surface area contributed by atoms with Gasteiger partial charge in [-0.15, -0.1) is 24.0 Å². The molecular weight excluding hydrogens is 314 g/mol. The van der Waals surface area contributed by atoms with Crippen LogP contribution < -0.4 is 0 Å². The van der Waals surface area contributed by atoms with Crippen molar-refractivity contribution in [2.24, 2.45) is 0 Å². The SMILES string of the molecule is I.[O]=[La](=[O])=[O]. The van der Waals surface area contributed by atoms with Crippen molar-refractivity contribution in [1.29, 1.82) is 0 Å². The molecule has 0 aromatic heterocycles. The standard InChI is InChI=1S/HI.La.3O/h1H;;;;. The van der Waals surface area contributed by atoms with Gasteiger partial charge in [0.1, 0.15) is 0 Å². The summed E-state index contributed by atoms with van der Waals surface area (Å²) in [6.07, 6.45) is 0. The van der Waals surface area contributed by atoms with Crippen molar-refractivity contribution in [3.8, 4) is 0 Å². The summed E-state index contributed by atoms with van der Waals surface area (Å²) in [6.45, 7) is 0. The van der Waals surface area contributed by atoms with Gasteiger partial charge in [0.05, 0.1) is 0 Å². The molecule has 0 unspecified atom stereocenters. The van der Waals surface area contributed by atoms with Crippen LogP contribution in [0.3, 0.4) is 0 Å². The Balaban J connectivity index is 0. The number of hydrogen-bond acceptors (Lipinski definition) is 3. The molecule has 0 N–H and O–H groups in total. The summed E-state index contributed by atoms with van der Waals surface area (Å²) in [5, 5.41) is 0. The van der Waals surface area contributed by atoms with E-state index < -0.39 is 30.2 Å². The third-order valence-electron chi connectivity index (χ3n) is 0. The van der Waals surface area contributed by atoms with Gasteiger partial charge in [-0.05, 0) is 0 Å². The van der Waals surface area contributed by atoms with Gasteiger partial charge in [-0.2, -0.15) is 0 Å². The maximum absolute atomic E-state index is 8.64. The molecule has 5 heavy (non-hydrogen) atoms. The van der Waals surface area contributed by atoms with Crippen molar-refractivity contribution in [3.63, 3.8) is 0 Å². The predicted molar refractivity (Wildman–Crippen MR) is 17.5 cm³/mol. The first-order valence-electron chi connectivity index (χ1n) is 0.707. The molecule has 0 atom stereocenters. The van der Waals surface area contributed by atoms with Crippen LogP contribution in [0.2, 0.25) is 0 Å². The third kappa shape index (κ3) is 33.5. The van der Waals surface area contributed by atoms with E-state index in [9.17, 15) is 0 Å². The second-order valence-corrected chi connectivity index (χ2v) is 2.10. The van der Waals surface area contributed by atoms with Gasteiger partial charge in [0, 0.05) is 0 Å². The van der Waals surface area contributed by atoms with Gasteiger partial charge in [0.2, 0.25) is 0 Å². The normalized spacial score (nSPS) is 3.00. The second kappa shape index (κ2) is 5.32. The summed E-state index contributed by atoms with van der Waals surface area (Å²) in [7, 11) is 0. The van der Waals surface area contributed by atoms with E-state index in [4.69, 9.17) is 5.09 Å². The van der Waals surface area contributed by atoms with Crippen LogP contribution in [-0.4, -0.2) is 0 Å². The molecule has 0 aliphatic rings. The van der Waals surface area contributed by atoms with Crippen LogP contribution >= 0.6 is 24.0 Å². The van der Waals surface area contributed by atoms with Gasteiger partial charge in [0.25, 0.3) is 0 Å². The molecule has 0 fully saturated rings. The molecule has 0 radical (unpaired) electrons. The van der Waals surface area contributed by atoms with Crippen LogP contribution in [0, 0.1) is 30.2 Å². The number of halogens is 1. The Labute approximate surface area is 58.3 Å². The van der Waals surface area contributed by atoms with E-state index in [1.165, 1.54) is 0 Å². The van der Waals surface area contributed by atoms with Crippen molar-refractivity contribution in [3.05, 3.63) is 0 Å². The van der Waals surface area contributed by atoms with E-state index >= 15 is 0 Å². The minimum absolute atomic E-state index is 0. The molecular formula is HILaO3. The third-order valence-corrected chi connectivity index (χ3v) is 0. The summed E-state index contributed by atoms with van der Waals surface area (Å²) in [5.74, 6) is 0. The van der Waals surface area contributed by atoms with E-state index in [2.05, 4.69) is 0 Å². The van der Waals surface area contributed by atoms with Gasteiger partial charge < -0.3 is 0 Å². The molecule has 0 aliphatic carbocycles. The van der Waals surface area contributed by atoms with E-state index in [0.717, 1.165) is 0 Å². The Morgan fingerprint density at radius 1 is 1.00 bits per heavy atom. The van der Waals surface area contributed by atoms with Gasteiger partial charge in [0.15, 0.2) is 0 Å². The van der Waals surface area contributed by atoms with Crippen molar-refractivity contribution >= 4 is 24.0 Å². The molecule has 0 rings (SSSR count). The van der Waals surface area contributed by atoms with Crippen LogP contribution in [0.1, 0.15) is 0 Å². The average molecular weight is 315 g/mol. The Hall–Kier alpha value is 1.32. The van der Waals surface area contributed by atoms with Crippen molar-refractivity contribution < 1.29 is 35.3 Å². The minimum atomic E-state index is -4.47. The second-order valence-electron chi connectivity index (χ2n) is 0.289. The molecule has 0 saturated heterocycles. The summed E-state index contributed by atoms with van der Waals surface area (Å²) < 4.78 is 25.9. The van der Waals surface area contributed by atoms with Crippen molar-refractivity contribution in [2.45, 2.75) is 0 Å². The van der Waals surface area contributed by atoms with E-state index in [1.807, 2.05) is 0 Å². The van der Waals surface area contributed by atoms with Crippen LogP contribution in [0.25, 0.3) is 0 Å². The molecule has 5 heteroatoms. The van der Waals surface area contributed by atoms with Gasteiger partial charge in [-0.1, -0.05) is 0 Å². The molecule has 0 amide bonds. The van der Waals surface area contributed by atoms with Crippen LogP contribution in [0.4, 0.5) is 0 Å². The van der Waals surface area contributed by atoms with Crippen LogP contribution in [-0.2, 0) is 5.09 Å². The Bertz CT molecular complexity index is 76.3. The summed E-state index contributed by atoms with van der Waals surface area (Å²) in [4.78, 5) is 0. The summed E-state index contributed by atoms with van der Waals surface area (Å²) >= 11 is -4.47. The quantitative estimate of drug-likeness (QED) is 0.603. The Morgan fingerprint density at radius 2 is 1.00 bits per heavy atom. The molecule has 0 saturated carbocycles. The average Bonchev–Trinajstić information content (AvgIpc) is 0.811. The molecule has 0 heterocycles. The van der Waals surface area contributed by atoms with Gasteiger partial charge in [-0.25, -0.2) is 0 Å². The van der Waals surface area contributed by atoms with Crippen LogP contribution in [0.15, 0.2) is 0 Å². The molecule has 3 nitrogen and oxygen atoms in total. The predicted octanol–water partition coefficient (Wildman–Crippen LogP) is 0.262. The fourth-order valence-corrected chi connectivity index (χ4v) is 0. The van der Waals surface area contributed by atoms with E-state index in [-0.39, 0.29) is 24.0 Å². The topological polar surface area (TPSA) is 51.2 Å². The molecule has 29 valence electrons. The summed E-state index contributed by atoms with van der Waals surface area (Å²) in [6, 6.07) is 0. The van der Waals surface area contributed by atoms with E-state index in [0.29, 0.717) is 0 Å². The monoisotopic (exact) mass is 315 g/mol. The molecule has 0 aromatic rings. The zero-order valence-corrected chi connectivity index (χ0v) is 8.17. The first kappa shape index (κ1) is 9.59. The first-order valence-corrected chi connectivity index (χ1v) is 5.15. The van der Waals surface area contributed by atoms with Crippen molar-refractivity contribution in [1.82, 2.24) is 0 Å². The molecule has 0 aromatic carbocycles.